The summed E-state index contributed by atoms with van der Waals surface area (Å²) in [6.45, 7) is 1.92. The molecule has 0 amide bonds. The molecule has 2 rings (SSSR count). The van der Waals surface area contributed by atoms with E-state index in [0.29, 0.717) is 5.58 Å². The molecule has 0 aliphatic heterocycles. The maximum Gasteiger partial charge on any atom is 0.336 e. The van der Waals surface area contributed by atoms with Crippen LogP contribution >= 0.6 is 0 Å². The highest BCUT2D eigenvalue weighted by atomic mass is 16.4. The van der Waals surface area contributed by atoms with E-state index < -0.39 is 0 Å². The molecule has 1 unspecified atom stereocenters. The quantitative estimate of drug-likeness (QED) is 0.696. The summed E-state index contributed by atoms with van der Waals surface area (Å²) < 4.78 is 5.00. The van der Waals surface area contributed by atoms with Crippen LogP contribution in [-0.2, 0) is 0 Å². The molecule has 2 N–H and O–H groups in total. The van der Waals surface area contributed by atoms with Gasteiger partial charge in [0.2, 0.25) is 0 Å². The first-order valence-electron chi connectivity index (χ1n) is 4.46. The molecule has 0 aliphatic carbocycles. The van der Waals surface area contributed by atoms with Crippen molar-refractivity contribution in [3.63, 3.8) is 0 Å². The van der Waals surface area contributed by atoms with Crippen molar-refractivity contribution in [1.29, 1.82) is 0 Å². The summed E-state index contributed by atoms with van der Waals surface area (Å²) in [6.07, 6.45) is 0. The van der Waals surface area contributed by atoms with E-state index >= 15 is 0 Å². The van der Waals surface area contributed by atoms with E-state index in [2.05, 4.69) is 0 Å². The largest absolute Gasteiger partial charge is 0.423 e. The van der Waals surface area contributed by atoms with Crippen LogP contribution in [0.5, 0.6) is 0 Å². The second-order valence-electron chi connectivity index (χ2n) is 3.34. The van der Waals surface area contributed by atoms with Gasteiger partial charge in [0.1, 0.15) is 5.58 Å². The van der Waals surface area contributed by atoms with Crippen LogP contribution < -0.4 is 11.4 Å². The van der Waals surface area contributed by atoms with Gasteiger partial charge in [0, 0.05) is 17.5 Å². The summed E-state index contributed by atoms with van der Waals surface area (Å²) in [7, 11) is 0. The highest BCUT2D eigenvalue weighted by molar-refractivity contribution is 5.77. The van der Waals surface area contributed by atoms with Crippen LogP contribution in [0.15, 0.2) is 39.5 Å². The zero-order valence-corrected chi connectivity index (χ0v) is 7.86. The number of rotatable bonds is 1. The summed E-state index contributed by atoms with van der Waals surface area (Å²) in [5.74, 6) is 0. The first-order chi connectivity index (χ1) is 6.66. The summed E-state index contributed by atoms with van der Waals surface area (Å²) in [5, 5.41) is 0.902. The van der Waals surface area contributed by atoms with Crippen LogP contribution in [0.2, 0.25) is 0 Å². The van der Waals surface area contributed by atoms with Crippen LogP contribution in [0, 0.1) is 0 Å². The Labute approximate surface area is 81.1 Å². The van der Waals surface area contributed by atoms with Gasteiger partial charge in [-0.1, -0.05) is 6.07 Å². The maximum absolute atomic E-state index is 10.9. The smallest absolute Gasteiger partial charge is 0.336 e. The minimum Gasteiger partial charge on any atom is -0.423 e. The lowest BCUT2D eigenvalue weighted by molar-refractivity contribution is 0.561. The Kier molecular flexibility index (Phi) is 2.09. The van der Waals surface area contributed by atoms with Crippen molar-refractivity contribution in [3.05, 3.63) is 46.3 Å². The second-order valence-corrected chi connectivity index (χ2v) is 3.34. The number of hydrogen-bond donors (Lipinski definition) is 1. The Morgan fingerprint density at radius 2 is 2.07 bits per heavy atom. The molecule has 1 aromatic heterocycles. The third-order valence-electron chi connectivity index (χ3n) is 2.17. The molecule has 72 valence electrons. The van der Waals surface area contributed by atoms with Crippen molar-refractivity contribution in [3.8, 4) is 0 Å². The molecule has 0 fully saturated rings. The molecule has 0 bridgehead atoms. The summed E-state index contributed by atoms with van der Waals surface area (Å²) >= 11 is 0. The Morgan fingerprint density at radius 1 is 1.29 bits per heavy atom. The molecule has 3 heteroatoms. The summed E-state index contributed by atoms with van der Waals surface area (Å²) in [5.41, 5.74) is 7.05. The highest BCUT2D eigenvalue weighted by Gasteiger charge is 2.01. The average molecular weight is 189 g/mol. The van der Waals surface area contributed by atoms with Gasteiger partial charge in [-0.3, -0.25) is 0 Å². The lowest BCUT2D eigenvalue weighted by Gasteiger charge is -2.05. The molecule has 1 heterocycles. The van der Waals surface area contributed by atoms with Crippen LogP contribution in [0.25, 0.3) is 11.0 Å². The monoisotopic (exact) mass is 189 g/mol. The third kappa shape index (κ3) is 1.54. The molecule has 1 atom stereocenters. The van der Waals surface area contributed by atoms with Crippen molar-refractivity contribution in [2.75, 3.05) is 0 Å². The van der Waals surface area contributed by atoms with Crippen LogP contribution in [0.1, 0.15) is 18.5 Å². The van der Waals surface area contributed by atoms with Crippen LogP contribution in [0.3, 0.4) is 0 Å². The van der Waals surface area contributed by atoms with Gasteiger partial charge in [-0.2, -0.15) is 0 Å². The van der Waals surface area contributed by atoms with Gasteiger partial charge in [-0.25, -0.2) is 4.79 Å². The van der Waals surface area contributed by atoms with Gasteiger partial charge < -0.3 is 10.2 Å². The van der Waals surface area contributed by atoms with Crippen molar-refractivity contribution >= 4 is 11.0 Å². The topological polar surface area (TPSA) is 56.2 Å². The molecule has 0 spiro atoms. The minimum atomic E-state index is -0.328. The molecule has 0 radical (unpaired) electrons. The van der Waals surface area contributed by atoms with Crippen molar-refractivity contribution in [1.82, 2.24) is 0 Å². The SMILES string of the molecule is CC(N)c1ccc2oc(=O)ccc2c1. The third-order valence-corrected chi connectivity index (χ3v) is 2.17. The lowest BCUT2D eigenvalue weighted by atomic mass is 10.1. The van der Waals surface area contributed by atoms with Crippen molar-refractivity contribution in [2.45, 2.75) is 13.0 Å². The zero-order valence-electron chi connectivity index (χ0n) is 7.86. The van der Waals surface area contributed by atoms with Crippen LogP contribution in [0.4, 0.5) is 0 Å². The Bertz CT molecular complexity index is 514. The van der Waals surface area contributed by atoms with E-state index in [1.807, 2.05) is 19.1 Å². The summed E-state index contributed by atoms with van der Waals surface area (Å²) in [4.78, 5) is 10.9. The fourth-order valence-corrected chi connectivity index (χ4v) is 1.37. The zero-order chi connectivity index (χ0) is 10.1. The molecular weight excluding hydrogens is 178 g/mol. The summed E-state index contributed by atoms with van der Waals surface area (Å²) in [6, 6.07) is 8.72. The number of benzene rings is 1. The maximum atomic E-state index is 10.9. The molecule has 2 aromatic rings. The van der Waals surface area contributed by atoms with Gasteiger partial charge in [-0.05, 0) is 30.7 Å². The van der Waals surface area contributed by atoms with E-state index in [-0.39, 0.29) is 11.7 Å². The first-order valence-corrected chi connectivity index (χ1v) is 4.46. The lowest BCUT2D eigenvalue weighted by Crippen LogP contribution is -2.04. The molecule has 0 aliphatic rings. The second kappa shape index (κ2) is 3.27. The Morgan fingerprint density at radius 3 is 2.79 bits per heavy atom. The number of fused-ring (bicyclic) bond motifs is 1. The molecule has 0 saturated carbocycles. The Hall–Kier alpha value is -1.61. The first kappa shape index (κ1) is 8.97. The van der Waals surface area contributed by atoms with E-state index in [9.17, 15) is 4.79 Å². The highest BCUT2D eigenvalue weighted by Crippen LogP contribution is 2.17. The minimum absolute atomic E-state index is 0.00803. The molecule has 3 nitrogen and oxygen atoms in total. The molecule has 0 saturated heterocycles. The van der Waals surface area contributed by atoms with E-state index in [0.717, 1.165) is 10.9 Å². The molecule has 14 heavy (non-hydrogen) atoms. The van der Waals surface area contributed by atoms with Crippen molar-refractivity contribution in [2.24, 2.45) is 5.73 Å². The number of hydrogen-bond acceptors (Lipinski definition) is 3. The van der Waals surface area contributed by atoms with E-state index in [4.69, 9.17) is 10.2 Å². The van der Waals surface area contributed by atoms with Gasteiger partial charge in [0.25, 0.3) is 0 Å². The standard InChI is InChI=1S/C11H11NO2/c1-7(12)8-2-4-10-9(6-8)3-5-11(13)14-10/h2-7H,12H2,1H3. The average Bonchev–Trinajstić information content (AvgIpc) is 2.16. The molecule has 1 aromatic carbocycles. The fraction of sp³-hybridized carbons (Fsp3) is 0.182. The van der Waals surface area contributed by atoms with Gasteiger partial charge >= 0.3 is 5.63 Å². The Balaban J connectivity index is 2.67. The van der Waals surface area contributed by atoms with E-state index in [1.165, 1.54) is 6.07 Å². The molecular formula is C11H11NO2. The van der Waals surface area contributed by atoms with Crippen LogP contribution in [-0.4, -0.2) is 0 Å². The van der Waals surface area contributed by atoms with E-state index in [1.54, 1.807) is 12.1 Å². The van der Waals surface area contributed by atoms with Gasteiger partial charge in [-0.15, -0.1) is 0 Å². The fourth-order valence-electron chi connectivity index (χ4n) is 1.37. The van der Waals surface area contributed by atoms with Crippen molar-refractivity contribution < 1.29 is 4.42 Å². The predicted octanol–water partition coefficient (Wildman–Crippen LogP) is 1.81. The van der Waals surface area contributed by atoms with Gasteiger partial charge in [0.15, 0.2) is 0 Å². The van der Waals surface area contributed by atoms with Gasteiger partial charge in [0.05, 0.1) is 0 Å². The predicted molar refractivity (Wildman–Crippen MR) is 55.1 cm³/mol. The normalized spacial score (nSPS) is 13.0. The number of nitrogens with two attached hydrogens (primary N) is 1.